The van der Waals surface area contributed by atoms with Crippen molar-refractivity contribution >= 4 is 5.78 Å². The van der Waals surface area contributed by atoms with E-state index < -0.39 is 11.7 Å². The van der Waals surface area contributed by atoms with Crippen LogP contribution in [0.1, 0.15) is 77.9 Å². The number of halogens is 3. The highest BCUT2D eigenvalue weighted by Gasteiger charge is 2.36. The molecule has 0 N–H and O–H groups in total. The van der Waals surface area contributed by atoms with Crippen molar-refractivity contribution in [1.29, 1.82) is 0 Å². The lowest BCUT2D eigenvalue weighted by atomic mass is 9.65. The molecule has 1 nitrogen and oxygen atoms in total. The summed E-state index contributed by atoms with van der Waals surface area (Å²) in [5, 5.41) is 0. The van der Waals surface area contributed by atoms with Crippen LogP contribution in [0.2, 0.25) is 0 Å². The van der Waals surface area contributed by atoms with E-state index in [9.17, 15) is 18.0 Å². The van der Waals surface area contributed by atoms with E-state index in [-0.39, 0.29) is 5.78 Å². The fourth-order valence-corrected chi connectivity index (χ4v) is 4.60. The third-order valence-electron chi connectivity index (χ3n) is 5.95. The quantitative estimate of drug-likeness (QED) is 0.557. The summed E-state index contributed by atoms with van der Waals surface area (Å²) in [6, 6.07) is 9.30. The lowest BCUT2D eigenvalue weighted by Gasteiger charge is -2.40. The Morgan fingerprint density at radius 3 is 2.19 bits per heavy atom. The van der Waals surface area contributed by atoms with Crippen molar-refractivity contribution in [3.63, 3.8) is 0 Å². The van der Waals surface area contributed by atoms with E-state index >= 15 is 0 Å². The molecule has 0 aliphatic heterocycles. The van der Waals surface area contributed by atoms with Crippen molar-refractivity contribution < 1.29 is 18.0 Å². The molecule has 0 atom stereocenters. The first-order valence-electron chi connectivity index (χ1n) is 9.27. The number of fused-ring (bicyclic) bond motifs is 2. The van der Waals surface area contributed by atoms with Crippen molar-refractivity contribution in [3.8, 4) is 11.1 Å². The maximum atomic E-state index is 12.9. The van der Waals surface area contributed by atoms with Crippen LogP contribution in [0.25, 0.3) is 11.1 Å². The highest BCUT2D eigenvalue weighted by Crippen LogP contribution is 2.52. The van der Waals surface area contributed by atoms with Gasteiger partial charge in [-0.25, -0.2) is 0 Å². The van der Waals surface area contributed by atoms with Gasteiger partial charge in [0.1, 0.15) is 0 Å². The Hall–Kier alpha value is -2.10. The van der Waals surface area contributed by atoms with Gasteiger partial charge in [0, 0.05) is 12.0 Å². The van der Waals surface area contributed by atoms with E-state index in [0.717, 1.165) is 48.9 Å². The average molecular weight is 358 g/mol. The average Bonchev–Trinajstić information content (AvgIpc) is 2.67. The molecule has 0 saturated heterocycles. The summed E-state index contributed by atoms with van der Waals surface area (Å²) in [7, 11) is 0. The highest BCUT2D eigenvalue weighted by atomic mass is 19.4. The lowest BCUT2D eigenvalue weighted by molar-refractivity contribution is -0.137. The molecule has 1 fully saturated rings. The first-order chi connectivity index (χ1) is 12.4. The van der Waals surface area contributed by atoms with Crippen LogP contribution in [0, 0.1) is 0 Å². The van der Waals surface area contributed by atoms with Gasteiger partial charge in [0.25, 0.3) is 0 Å². The summed E-state index contributed by atoms with van der Waals surface area (Å²) in [5.41, 5.74) is 4.28. The van der Waals surface area contributed by atoms with Gasteiger partial charge in [0.15, 0.2) is 5.78 Å². The van der Waals surface area contributed by atoms with Gasteiger partial charge in [-0.3, -0.25) is 4.79 Å². The lowest BCUT2D eigenvalue weighted by Crippen LogP contribution is -2.23. The SMILES string of the molecule is CCC(=O)c1cc(-c2ccc(C(F)(F)F)cc2)c2c(c1)C1CCC2CC1. The molecule has 3 aliphatic rings. The number of alkyl halides is 3. The summed E-state index contributed by atoms with van der Waals surface area (Å²) in [5.74, 6) is 1.02. The van der Waals surface area contributed by atoms with E-state index in [1.54, 1.807) is 12.1 Å². The van der Waals surface area contributed by atoms with Crippen LogP contribution in [0.5, 0.6) is 0 Å². The number of Topliss-reactive ketones (excluding diaryl/α,β-unsaturated/α-hetero) is 1. The van der Waals surface area contributed by atoms with Crippen molar-refractivity contribution in [2.75, 3.05) is 0 Å². The van der Waals surface area contributed by atoms with Gasteiger partial charge in [-0.05, 0) is 84.0 Å². The van der Waals surface area contributed by atoms with Crippen LogP contribution < -0.4 is 0 Å². The van der Waals surface area contributed by atoms with Gasteiger partial charge in [-0.1, -0.05) is 19.1 Å². The maximum absolute atomic E-state index is 12.9. The first kappa shape index (κ1) is 17.3. The Labute approximate surface area is 151 Å². The predicted molar refractivity (Wildman–Crippen MR) is 95.5 cm³/mol. The number of hydrogen-bond donors (Lipinski definition) is 0. The predicted octanol–water partition coefficient (Wildman–Crippen LogP) is 6.72. The van der Waals surface area contributed by atoms with Gasteiger partial charge in [-0.2, -0.15) is 13.2 Å². The summed E-state index contributed by atoms with van der Waals surface area (Å²) in [6.07, 6.45) is 0.650. The minimum atomic E-state index is -4.34. The Morgan fingerprint density at radius 1 is 1.00 bits per heavy atom. The van der Waals surface area contributed by atoms with Crippen LogP contribution in [-0.2, 0) is 6.18 Å². The molecule has 2 aromatic rings. The normalized spacial score (nSPS) is 21.5. The first-order valence-corrected chi connectivity index (χ1v) is 9.27. The molecule has 3 aliphatic carbocycles. The van der Waals surface area contributed by atoms with Gasteiger partial charge in [-0.15, -0.1) is 0 Å². The van der Waals surface area contributed by atoms with Gasteiger partial charge < -0.3 is 0 Å². The molecule has 136 valence electrons. The zero-order valence-corrected chi connectivity index (χ0v) is 14.7. The molecule has 26 heavy (non-hydrogen) atoms. The second-order valence-corrected chi connectivity index (χ2v) is 7.43. The van der Waals surface area contributed by atoms with Crippen LogP contribution in [0.4, 0.5) is 13.2 Å². The molecule has 2 aromatic carbocycles. The molecule has 1 saturated carbocycles. The minimum Gasteiger partial charge on any atom is -0.294 e. The summed E-state index contributed by atoms with van der Waals surface area (Å²) < 4.78 is 38.7. The summed E-state index contributed by atoms with van der Waals surface area (Å²) in [6.45, 7) is 1.84. The Balaban J connectivity index is 1.87. The van der Waals surface area contributed by atoms with Gasteiger partial charge in [0.2, 0.25) is 0 Å². The molecule has 0 aromatic heterocycles. The third kappa shape index (κ3) is 2.85. The summed E-state index contributed by atoms with van der Waals surface area (Å²) in [4.78, 5) is 12.3. The Kier molecular flexibility index (Phi) is 4.17. The fraction of sp³-hybridized carbons (Fsp3) is 0.409. The minimum absolute atomic E-state index is 0.0856. The van der Waals surface area contributed by atoms with Crippen molar-refractivity contribution in [3.05, 3.63) is 58.7 Å². The largest absolute Gasteiger partial charge is 0.416 e. The fourth-order valence-electron chi connectivity index (χ4n) is 4.60. The molecule has 0 radical (unpaired) electrons. The van der Waals surface area contributed by atoms with E-state index in [0.29, 0.717) is 23.8 Å². The number of carbonyl (C=O) groups excluding carboxylic acids is 1. The topological polar surface area (TPSA) is 17.1 Å². The highest BCUT2D eigenvalue weighted by molar-refractivity contribution is 5.98. The zero-order valence-electron chi connectivity index (χ0n) is 14.7. The Bertz CT molecular complexity index is 841. The molecule has 5 rings (SSSR count). The third-order valence-corrected chi connectivity index (χ3v) is 5.95. The molecular weight excluding hydrogens is 337 g/mol. The van der Waals surface area contributed by atoms with E-state index in [4.69, 9.17) is 0 Å². The standard InChI is InChI=1S/C22H21F3O/c1-2-20(26)16-11-18-13-3-5-15(6-4-13)21(18)19(12-16)14-7-9-17(10-8-14)22(23,24)25/h7-13,15H,2-6H2,1H3. The number of carbonyl (C=O) groups is 1. The van der Waals surface area contributed by atoms with Crippen LogP contribution in [-0.4, -0.2) is 5.78 Å². The second kappa shape index (κ2) is 6.26. The van der Waals surface area contributed by atoms with E-state index in [2.05, 4.69) is 0 Å². The summed E-state index contributed by atoms with van der Waals surface area (Å²) >= 11 is 0. The number of ketones is 1. The van der Waals surface area contributed by atoms with Gasteiger partial charge in [0.05, 0.1) is 5.56 Å². The second-order valence-electron chi connectivity index (χ2n) is 7.43. The number of rotatable bonds is 3. The molecular formula is C22H21F3O. The molecule has 4 heteroatoms. The molecule has 0 amide bonds. The molecule has 0 unspecified atom stereocenters. The van der Waals surface area contributed by atoms with Crippen LogP contribution >= 0.6 is 0 Å². The number of hydrogen-bond acceptors (Lipinski definition) is 1. The van der Waals surface area contributed by atoms with E-state index in [1.807, 2.05) is 19.1 Å². The van der Waals surface area contributed by atoms with Crippen molar-refractivity contribution in [2.45, 2.75) is 57.0 Å². The van der Waals surface area contributed by atoms with Crippen LogP contribution in [0.15, 0.2) is 36.4 Å². The van der Waals surface area contributed by atoms with Crippen LogP contribution in [0.3, 0.4) is 0 Å². The monoisotopic (exact) mass is 358 g/mol. The van der Waals surface area contributed by atoms with Crippen molar-refractivity contribution in [1.82, 2.24) is 0 Å². The number of benzene rings is 2. The van der Waals surface area contributed by atoms with Gasteiger partial charge >= 0.3 is 6.18 Å². The molecule has 0 spiro atoms. The smallest absolute Gasteiger partial charge is 0.294 e. The molecule has 0 heterocycles. The van der Waals surface area contributed by atoms with E-state index in [1.165, 1.54) is 11.1 Å². The molecule has 2 bridgehead atoms. The maximum Gasteiger partial charge on any atom is 0.416 e. The van der Waals surface area contributed by atoms with Crippen molar-refractivity contribution in [2.24, 2.45) is 0 Å². The zero-order chi connectivity index (χ0) is 18.5. The Morgan fingerprint density at radius 2 is 1.62 bits per heavy atom.